The molecule has 1 heterocycles. The van der Waals surface area contributed by atoms with Gasteiger partial charge in [0.2, 0.25) is 0 Å². The van der Waals surface area contributed by atoms with E-state index in [1.54, 1.807) is 13.2 Å². The molecule has 5 heteroatoms. The summed E-state index contributed by atoms with van der Waals surface area (Å²) in [5.74, 6) is 0.843. The van der Waals surface area contributed by atoms with E-state index >= 15 is 0 Å². The minimum Gasteiger partial charge on any atom is -0.497 e. The largest absolute Gasteiger partial charge is 0.497 e. The fraction of sp³-hybridized carbons (Fsp3) is 0.562. The lowest BCUT2D eigenvalue weighted by atomic mass is 10.1. The van der Waals surface area contributed by atoms with E-state index in [0.717, 1.165) is 39.1 Å². The molecule has 1 fully saturated rings. The third-order valence-corrected chi connectivity index (χ3v) is 3.86. The van der Waals surface area contributed by atoms with Crippen LogP contribution in [0.1, 0.15) is 16.8 Å². The second-order valence-electron chi connectivity index (χ2n) is 5.35. The number of carbonyl (C=O) groups excluding carboxylic acids is 1. The lowest BCUT2D eigenvalue weighted by Gasteiger charge is -2.20. The number of hydrogen-bond donors (Lipinski definition) is 1. The van der Waals surface area contributed by atoms with Crippen molar-refractivity contribution in [3.05, 3.63) is 29.8 Å². The average Bonchev–Trinajstić information content (AvgIpc) is 2.73. The van der Waals surface area contributed by atoms with Crippen molar-refractivity contribution < 1.29 is 14.6 Å². The molecular weight excluding hydrogens is 268 g/mol. The molecular formula is C16H24N2O3. The fourth-order valence-corrected chi connectivity index (χ4v) is 2.64. The minimum absolute atomic E-state index is 0.129. The maximum absolute atomic E-state index is 12.3. The van der Waals surface area contributed by atoms with Crippen molar-refractivity contribution in [3.63, 3.8) is 0 Å². The number of rotatable bonds is 6. The van der Waals surface area contributed by atoms with Crippen LogP contribution in [0.25, 0.3) is 0 Å². The monoisotopic (exact) mass is 292 g/mol. The zero-order chi connectivity index (χ0) is 15.1. The number of nitrogens with zero attached hydrogens (tertiary/aromatic N) is 2. The van der Waals surface area contributed by atoms with Crippen LogP contribution in [-0.2, 0) is 0 Å². The fourth-order valence-electron chi connectivity index (χ4n) is 2.64. The molecule has 1 aromatic rings. The molecule has 0 saturated carbocycles. The van der Waals surface area contributed by atoms with Crippen LogP contribution in [0.5, 0.6) is 5.75 Å². The Balaban J connectivity index is 1.90. The summed E-state index contributed by atoms with van der Waals surface area (Å²) in [6.07, 6.45) is 1.03. The molecule has 0 aliphatic carbocycles. The summed E-state index contributed by atoms with van der Waals surface area (Å²) in [5.41, 5.74) is 0.700. The van der Waals surface area contributed by atoms with Gasteiger partial charge in [-0.05, 0) is 31.6 Å². The van der Waals surface area contributed by atoms with Crippen LogP contribution in [0.2, 0.25) is 0 Å². The van der Waals surface area contributed by atoms with Gasteiger partial charge in [-0.25, -0.2) is 0 Å². The van der Waals surface area contributed by atoms with Gasteiger partial charge in [0.15, 0.2) is 5.78 Å². The topological polar surface area (TPSA) is 53.0 Å². The highest BCUT2D eigenvalue weighted by Gasteiger charge is 2.17. The second-order valence-corrected chi connectivity index (χ2v) is 5.35. The Morgan fingerprint density at radius 1 is 1.24 bits per heavy atom. The standard InChI is InChI=1S/C16H24N2O3/c1-21-15-5-2-4-14(12-15)16(20)13-18-7-3-6-17(8-9-18)10-11-19/h2,4-5,12,19H,3,6-11,13H2,1H3. The van der Waals surface area contributed by atoms with Crippen molar-refractivity contribution in [2.75, 3.05) is 53.0 Å². The van der Waals surface area contributed by atoms with Crippen LogP contribution >= 0.6 is 0 Å². The van der Waals surface area contributed by atoms with E-state index in [-0.39, 0.29) is 12.4 Å². The summed E-state index contributed by atoms with van der Waals surface area (Å²) in [5, 5.41) is 9.00. The smallest absolute Gasteiger partial charge is 0.176 e. The first-order chi connectivity index (χ1) is 10.2. The minimum atomic E-state index is 0.129. The van der Waals surface area contributed by atoms with Crippen LogP contribution in [0.4, 0.5) is 0 Å². The van der Waals surface area contributed by atoms with E-state index in [0.29, 0.717) is 17.9 Å². The zero-order valence-corrected chi connectivity index (χ0v) is 12.6. The number of hydrogen-bond acceptors (Lipinski definition) is 5. The lowest BCUT2D eigenvalue weighted by Crippen LogP contribution is -2.35. The van der Waals surface area contributed by atoms with Crippen LogP contribution in [0.15, 0.2) is 24.3 Å². The van der Waals surface area contributed by atoms with Gasteiger partial charge in [0.05, 0.1) is 20.3 Å². The Hall–Kier alpha value is -1.43. The molecule has 1 aliphatic rings. The van der Waals surface area contributed by atoms with Gasteiger partial charge >= 0.3 is 0 Å². The third-order valence-electron chi connectivity index (χ3n) is 3.86. The highest BCUT2D eigenvalue weighted by Crippen LogP contribution is 2.14. The first-order valence-corrected chi connectivity index (χ1v) is 7.46. The van der Waals surface area contributed by atoms with E-state index in [4.69, 9.17) is 9.84 Å². The van der Waals surface area contributed by atoms with Gasteiger partial charge in [-0.2, -0.15) is 0 Å². The number of aliphatic hydroxyl groups is 1. The van der Waals surface area contributed by atoms with E-state index in [1.165, 1.54) is 0 Å². The Labute approximate surface area is 126 Å². The SMILES string of the molecule is COc1cccc(C(=O)CN2CCCN(CCO)CC2)c1. The van der Waals surface area contributed by atoms with Gasteiger partial charge in [0, 0.05) is 25.2 Å². The Morgan fingerprint density at radius 3 is 2.76 bits per heavy atom. The van der Waals surface area contributed by atoms with Gasteiger partial charge in [0.25, 0.3) is 0 Å². The predicted molar refractivity (Wildman–Crippen MR) is 81.9 cm³/mol. The Kier molecular flexibility index (Phi) is 6.17. The number of benzene rings is 1. The molecule has 0 aromatic heterocycles. The number of β-amino-alcohol motifs (C(OH)–C–C–N with tert-alkyl or cyclic N) is 1. The summed E-state index contributed by atoms with van der Waals surface area (Å²) in [6.45, 7) is 5.06. The Morgan fingerprint density at radius 2 is 2.00 bits per heavy atom. The van der Waals surface area contributed by atoms with Crippen LogP contribution < -0.4 is 4.74 Å². The van der Waals surface area contributed by atoms with Crippen LogP contribution in [0.3, 0.4) is 0 Å². The molecule has 0 bridgehead atoms. The number of ether oxygens (including phenoxy) is 1. The van der Waals surface area contributed by atoms with E-state index in [1.807, 2.05) is 18.2 Å². The molecule has 116 valence electrons. The van der Waals surface area contributed by atoms with Gasteiger partial charge in [-0.1, -0.05) is 12.1 Å². The lowest BCUT2D eigenvalue weighted by molar-refractivity contribution is 0.0931. The van der Waals surface area contributed by atoms with Crippen molar-refractivity contribution in [1.29, 1.82) is 0 Å². The molecule has 0 unspecified atom stereocenters. The van der Waals surface area contributed by atoms with E-state index in [2.05, 4.69) is 9.80 Å². The van der Waals surface area contributed by atoms with Gasteiger partial charge in [-0.3, -0.25) is 14.6 Å². The molecule has 1 N–H and O–H groups in total. The number of ketones is 1. The predicted octanol–water partition coefficient (Wildman–Crippen LogP) is 0.878. The number of carbonyl (C=O) groups is 1. The molecule has 21 heavy (non-hydrogen) atoms. The normalized spacial score (nSPS) is 17.4. The number of Topliss-reactive ketones (excluding diaryl/α,β-unsaturated/α-hetero) is 1. The molecule has 2 rings (SSSR count). The van der Waals surface area contributed by atoms with Crippen molar-refractivity contribution in [3.8, 4) is 5.75 Å². The zero-order valence-electron chi connectivity index (χ0n) is 12.6. The third kappa shape index (κ3) is 4.81. The van der Waals surface area contributed by atoms with E-state index in [9.17, 15) is 4.79 Å². The number of methoxy groups -OCH3 is 1. The van der Waals surface area contributed by atoms with Crippen LogP contribution in [-0.4, -0.2) is 73.7 Å². The molecule has 1 saturated heterocycles. The van der Waals surface area contributed by atoms with Gasteiger partial charge < -0.3 is 9.84 Å². The van der Waals surface area contributed by atoms with Crippen LogP contribution in [0, 0.1) is 0 Å². The summed E-state index contributed by atoms with van der Waals surface area (Å²) < 4.78 is 5.16. The summed E-state index contributed by atoms with van der Waals surface area (Å²) >= 11 is 0. The summed E-state index contributed by atoms with van der Waals surface area (Å²) in [7, 11) is 1.61. The molecule has 1 aliphatic heterocycles. The highest BCUT2D eigenvalue weighted by molar-refractivity contribution is 5.97. The quantitative estimate of drug-likeness (QED) is 0.789. The maximum Gasteiger partial charge on any atom is 0.176 e. The van der Waals surface area contributed by atoms with Crippen molar-refractivity contribution >= 4 is 5.78 Å². The summed E-state index contributed by atoms with van der Waals surface area (Å²) in [6, 6.07) is 7.31. The van der Waals surface area contributed by atoms with Crippen molar-refractivity contribution in [1.82, 2.24) is 9.80 Å². The average molecular weight is 292 g/mol. The highest BCUT2D eigenvalue weighted by atomic mass is 16.5. The molecule has 1 aromatic carbocycles. The van der Waals surface area contributed by atoms with Gasteiger partial charge in [-0.15, -0.1) is 0 Å². The van der Waals surface area contributed by atoms with Crippen molar-refractivity contribution in [2.45, 2.75) is 6.42 Å². The molecule has 5 nitrogen and oxygen atoms in total. The van der Waals surface area contributed by atoms with Crippen molar-refractivity contribution in [2.24, 2.45) is 0 Å². The molecule has 0 spiro atoms. The van der Waals surface area contributed by atoms with E-state index < -0.39 is 0 Å². The Bertz CT molecular complexity index is 465. The number of aliphatic hydroxyl groups excluding tert-OH is 1. The maximum atomic E-state index is 12.3. The molecule has 0 atom stereocenters. The first kappa shape index (κ1) is 15.9. The second kappa shape index (κ2) is 8.12. The summed E-state index contributed by atoms with van der Waals surface area (Å²) in [4.78, 5) is 16.8. The first-order valence-electron chi connectivity index (χ1n) is 7.46. The molecule has 0 radical (unpaired) electrons. The van der Waals surface area contributed by atoms with Gasteiger partial charge in [0.1, 0.15) is 5.75 Å². The molecule has 0 amide bonds.